The summed E-state index contributed by atoms with van der Waals surface area (Å²) >= 11 is 0. The van der Waals surface area contributed by atoms with E-state index in [0.717, 1.165) is 55.7 Å². The number of nitrogens with zero attached hydrogens (tertiary/aromatic N) is 2. The van der Waals surface area contributed by atoms with Crippen LogP contribution in [0.15, 0.2) is 235 Å². The third-order valence-electron chi connectivity index (χ3n) is 14.0. The number of hydrogen-bond donors (Lipinski definition) is 0. The number of furan rings is 1. The van der Waals surface area contributed by atoms with E-state index in [0.29, 0.717) is 0 Å². The zero-order chi connectivity index (χ0) is 41.9. The topological polar surface area (TPSA) is 21.3 Å². The van der Waals surface area contributed by atoms with Gasteiger partial charge in [0.05, 0.1) is 22.1 Å². The minimum Gasteiger partial charge on any atom is -0.456 e. The van der Waals surface area contributed by atoms with Gasteiger partial charge in [-0.15, -0.1) is 0 Å². The molecule has 12 aromatic rings. The highest BCUT2D eigenvalue weighted by Crippen LogP contribution is 2.64. The molecule has 0 bridgehead atoms. The molecule has 2 heterocycles. The molecule has 1 spiro atoms. The van der Waals surface area contributed by atoms with Crippen LogP contribution < -0.4 is 4.90 Å². The van der Waals surface area contributed by atoms with Crippen molar-refractivity contribution in [3.05, 3.63) is 253 Å². The molecule has 0 unspecified atom stereocenters. The van der Waals surface area contributed by atoms with Gasteiger partial charge in [0.1, 0.15) is 11.2 Å². The third kappa shape index (κ3) is 4.70. The van der Waals surface area contributed by atoms with Crippen LogP contribution in [0.5, 0.6) is 0 Å². The fraction of sp³-hybridized carbons (Fsp3) is 0.0164. The van der Waals surface area contributed by atoms with Gasteiger partial charge in [-0.2, -0.15) is 0 Å². The summed E-state index contributed by atoms with van der Waals surface area (Å²) in [7, 11) is 0. The Morgan fingerprint density at radius 3 is 1.70 bits per heavy atom. The van der Waals surface area contributed by atoms with E-state index in [1.807, 2.05) is 0 Å². The van der Waals surface area contributed by atoms with Gasteiger partial charge >= 0.3 is 0 Å². The van der Waals surface area contributed by atoms with Crippen LogP contribution in [0.1, 0.15) is 22.3 Å². The molecule has 64 heavy (non-hydrogen) atoms. The monoisotopic (exact) mass is 814 g/mol. The van der Waals surface area contributed by atoms with Crippen LogP contribution >= 0.6 is 0 Å². The molecule has 0 aliphatic heterocycles. The van der Waals surface area contributed by atoms with Crippen molar-refractivity contribution in [1.82, 2.24) is 4.57 Å². The molecule has 0 atom stereocenters. The molecule has 0 N–H and O–H groups in total. The number of aromatic nitrogens is 1. The number of hydrogen-bond acceptors (Lipinski definition) is 2. The van der Waals surface area contributed by atoms with Crippen molar-refractivity contribution < 1.29 is 4.42 Å². The summed E-state index contributed by atoms with van der Waals surface area (Å²) in [6, 6.07) is 84.5. The lowest BCUT2D eigenvalue weighted by molar-refractivity contribution is 0.669. The Morgan fingerprint density at radius 2 is 0.953 bits per heavy atom. The standard InChI is InChI=1S/C61H38N2O/c1-3-16-39(17-4-1)40-30-32-42(33-31-40)62(54-28-15-27-52-58(54)46-22-9-13-26-51(46)61(52)49-24-11-7-20-44(49)45-21-8-12-25-50(45)61)43-34-35-53-48(38-43)59-55(63(53)41-18-5-2-6-19-41)36-37-57-60(59)47-23-10-14-29-56(47)64-57/h1-38H. The van der Waals surface area contributed by atoms with Crippen LogP contribution in [0, 0.1) is 0 Å². The maximum Gasteiger partial charge on any atom is 0.136 e. The summed E-state index contributed by atoms with van der Waals surface area (Å²) in [5.74, 6) is 0. The molecule has 0 saturated heterocycles. The van der Waals surface area contributed by atoms with Crippen molar-refractivity contribution in [3.8, 4) is 39.1 Å². The van der Waals surface area contributed by atoms with E-state index in [1.54, 1.807) is 0 Å². The van der Waals surface area contributed by atoms with Crippen molar-refractivity contribution >= 4 is 60.8 Å². The van der Waals surface area contributed by atoms with Gasteiger partial charge in [-0.3, -0.25) is 0 Å². The molecule has 3 nitrogen and oxygen atoms in total. The second kappa shape index (κ2) is 13.3. The van der Waals surface area contributed by atoms with Crippen molar-refractivity contribution in [3.63, 3.8) is 0 Å². The minimum atomic E-state index is -0.459. The van der Waals surface area contributed by atoms with Crippen molar-refractivity contribution in [2.24, 2.45) is 0 Å². The molecular weight excluding hydrogens is 777 g/mol. The fourth-order valence-electron chi connectivity index (χ4n) is 11.5. The van der Waals surface area contributed by atoms with Crippen LogP contribution in [-0.4, -0.2) is 4.57 Å². The third-order valence-corrected chi connectivity index (χ3v) is 14.0. The van der Waals surface area contributed by atoms with Gasteiger partial charge in [-0.25, -0.2) is 0 Å². The summed E-state index contributed by atoms with van der Waals surface area (Å²) in [6.45, 7) is 0. The molecule has 298 valence electrons. The first kappa shape index (κ1) is 35.2. The van der Waals surface area contributed by atoms with E-state index >= 15 is 0 Å². The second-order valence-electron chi connectivity index (χ2n) is 17.1. The van der Waals surface area contributed by atoms with E-state index in [-0.39, 0.29) is 0 Å². The Hall–Kier alpha value is -8.40. The number of anilines is 3. The zero-order valence-corrected chi connectivity index (χ0v) is 34.7. The Kier molecular flexibility index (Phi) is 7.32. The lowest BCUT2D eigenvalue weighted by atomic mass is 9.70. The first-order valence-electron chi connectivity index (χ1n) is 22.1. The van der Waals surface area contributed by atoms with Gasteiger partial charge in [0.2, 0.25) is 0 Å². The van der Waals surface area contributed by atoms with E-state index in [9.17, 15) is 0 Å². The number of fused-ring (bicyclic) bond motifs is 17. The maximum atomic E-state index is 6.55. The van der Waals surface area contributed by atoms with Gasteiger partial charge < -0.3 is 13.9 Å². The molecule has 0 fully saturated rings. The molecule has 0 amide bonds. The fourth-order valence-corrected chi connectivity index (χ4v) is 11.5. The predicted molar refractivity (Wildman–Crippen MR) is 264 cm³/mol. The summed E-state index contributed by atoms with van der Waals surface area (Å²) in [5.41, 5.74) is 20.8. The van der Waals surface area contributed by atoms with Crippen molar-refractivity contribution in [2.45, 2.75) is 5.41 Å². The Labute approximate surface area is 370 Å². The molecule has 14 rings (SSSR count). The van der Waals surface area contributed by atoms with Gasteiger partial charge in [-0.1, -0.05) is 164 Å². The van der Waals surface area contributed by atoms with E-state index < -0.39 is 5.41 Å². The molecule has 3 heteroatoms. The first-order chi connectivity index (χ1) is 31.8. The predicted octanol–water partition coefficient (Wildman–Crippen LogP) is 16.2. The molecule has 2 aliphatic carbocycles. The molecule has 2 aliphatic rings. The molecule has 0 radical (unpaired) electrons. The zero-order valence-electron chi connectivity index (χ0n) is 34.7. The average Bonchev–Trinajstić information content (AvgIpc) is 4.09. The lowest BCUT2D eigenvalue weighted by Crippen LogP contribution is -2.26. The molecular formula is C61H38N2O. The van der Waals surface area contributed by atoms with Gasteiger partial charge in [0, 0.05) is 44.2 Å². The lowest BCUT2D eigenvalue weighted by Gasteiger charge is -2.32. The van der Waals surface area contributed by atoms with Gasteiger partial charge in [-0.05, 0) is 117 Å². The van der Waals surface area contributed by atoms with Crippen LogP contribution in [0.4, 0.5) is 17.1 Å². The summed E-state index contributed by atoms with van der Waals surface area (Å²) < 4.78 is 8.95. The Bertz CT molecular complexity index is 3790. The Balaban J connectivity index is 1.08. The SMILES string of the molecule is c1ccc(-c2ccc(N(c3ccc4c(c3)c3c5c(ccc3n4-c3ccccc3)oc3ccccc35)c3cccc4c3-c3ccccc3C43c4ccccc4-c4ccccc43)cc2)cc1. The highest BCUT2D eigenvalue weighted by molar-refractivity contribution is 6.27. The Morgan fingerprint density at radius 1 is 0.375 bits per heavy atom. The van der Waals surface area contributed by atoms with Gasteiger partial charge in [0.15, 0.2) is 0 Å². The highest BCUT2D eigenvalue weighted by atomic mass is 16.3. The van der Waals surface area contributed by atoms with E-state index in [4.69, 9.17) is 4.42 Å². The first-order valence-corrected chi connectivity index (χ1v) is 22.1. The average molecular weight is 815 g/mol. The summed E-state index contributed by atoms with van der Waals surface area (Å²) in [4.78, 5) is 2.49. The largest absolute Gasteiger partial charge is 0.456 e. The van der Waals surface area contributed by atoms with E-state index in [1.165, 1.54) is 66.4 Å². The quantitative estimate of drug-likeness (QED) is 0.173. The summed E-state index contributed by atoms with van der Waals surface area (Å²) in [6.07, 6.45) is 0. The number of rotatable bonds is 5. The minimum absolute atomic E-state index is 0.459. The van der Waals surface area contributed by atoms with Crippen LogP contribution in [0.3, 0.4) is 0 Å². The second-order valence-corrected chi connectivity index (χ2v) is 17.1. The maximum absolute atomic E-state index is 6.55. The van der Waals surface area contributed by atoms with E-state index in [2.05, 4.69) is 240 Å². The normalized spacial score (nSPS) is 13.1. The molecule has 2 aromatic heterocycles. The van der Waals surface area contributed by atoms with Gasteiger partial charge in [0.25, 0.3) is 0 Å². The summed E-state index contributed by atoms with van der Waals surface area (Å²) in [5, 5.41) is 4.61. The molecule has 10 aromatic carbocycles. The van der Waals surface area contributed by atoms with Crippen LogP contribution in [0.25, 0.3) is 82.8 Å². The molecule has 0 saturated carbocycles. The highest BCUT2D eigenvalue weighted by Gasteiger charge is 2.52. The van der Waals surface area contributed by atoms with Crippen molar-refractivity contribution in [2.75, 3.05) is 4.90 Å². The van der Waals surface area contributed by atoms with Crippen LogP contribution in [0.2, 0.25) is 0 Å². The number of benzene rings is 10. The van der Waals surface area contributed by atoms with Crippen molar-refractivity contribution in [1.29, 1.82) is 0 Å². The smallest absolute Gasteiger partial charge is 0.136 e. The van der Waals surface area contributed by atoms with Crippen LogP contribution in [-0.2, 0) is 5.41 Å². The number of para-hydroxylation sites is 2.